The van der Waals surface area contributed by atoms with Crippen LogP contribution < -0.4 is 5.32 Å². The van der Waals surface area contributed by atoms with Gasteiger partial charge in [-0.25, -0.2) is 0 Å². The number of rotatable bonds is 4. The number of likely N-dealkylation sites (N-methyl/N-ethyl adjacent to an activating group) is 1. The molecule has 1 fully saturated rings. The first-order chi connectivity index (χ1) is 8.78. The third-order valence-corrected chi connectivity index (χ3v) is 3.10. The molecule has 0 unspecified atom stereocenters. The maximum atomic E-state index is 11.2. The van der Waals surface area contributed by atoms with Crippen LogP contribution in [0.1, 0.15) is 35.7 Å². The molecule has 0 radical (unpaired) electrons. The second-order valence-electron chi connectivity index (χ2n) is 4.36. The molecule has 1 N–H and O–H groups in total. The van der Waals surface area contributed by atoms with Gasteiger partial charge in [-0.15, -0.1) is 0 Å². The van der Waals surface area contributed by atoms with E-state index in [1.165, 1.54) is 0 Å². The fraction of sp³-hybridized carbons (Fsp3) is 0.417. The van der Waals surface area contributed by atoms with Crippen molar-refractivity contribution in [2.75, 3.05) is 7.05 Å². The van der Waals surface area contributed by atoms with Gasteiger partial charge in [0, 0.05) is 18.9 Å². The summed E-state index contributed by atoms with van der Waals surface area (Å²) in [6.45, 7) is 0. The molecule has 1 aliphatic carbocycles. The van der Waals surface area contributed by atoms with Crippen molar-refractivity contribution in [3.8, 4) is 0 Å². The molecular formula is C12H13N3O3. The monoisotopic (exact) mass is 247 g/mol. The average molecular weight is 247 g/mol. The molecule has 18 heavy (non-hydrogen) atoms. The topological polar surface area (TPSA) is 81.2 Å². The van der Waals surface area contributed by atoms with Crippen LogP contribution in [0.15, 0.2) is 27.3 Å². The third-order valence-electron chi connectivity index (χ3n) is 3.10. The van der Waals surface area contributed by atoms with E-state index in [4.69, 9.17) is 8.94 Å². The highest BCUT2D eigenvalue weighted by molar-refractivity contribution is 5.77. The summed E-state index contributed by atoms with van der Waals surface area (Å²) < 4.78 is 10.5. The fourth-order valence-electron chi connectivity index (χ4n) is 2.01. The minimum atomic E-state index is -0.124. The van der Waals surface area contributed by atoms with Crippen molar-refractivity contribution in [1.29, 1.82) is 0 Å². The van der Waals surface area contributed by atoms with Crippen LogP contribution in [-0.2, 0) is 11.2 Å². The van der Waals surface area contributed by atoms with Gasteiger partial charge < -0.3 is 14.3 Å². The van der Waals surface area contributed by atoms with E-state index in [-0.39, 0.29) is 18.2 Å². The molecule has 0 saturated heterocycles. The number of hydrogen-bond donors (Lipinski definition) is 1. The molecule has 0 spiro atoms. The molecule has 1 amide bonds. The Morgan fingerprint density at radius 2 is 2.44 bits per heavy atom. The van der Waals surface area contributed by atoms with Crippen LogP contribution in [0.4, 0.5) is 0 Å². The Balaban J connectivity index is 1.67. The summed E-state index contributed by atoms with van der Waals surface area (Å²) in [4.78, 5) is 15.4. The van der Waals surface area contributed by atoms with E-state index < -0.39 is 0 Å². The number of hydrogen-bond acceptors (Lipinski definition) is 5. The van der Waals surface area contributed by atoms with Crippen molar-refractivity contribution in [3.05, 3.63) is 35.9 Å². The van der Waals surface area contributed by atoms with Gasteiger partial charge >= 0.3 is 0 Å². The van der Waals surface area contributed by atoms with Crippen LogP contribution in [0.5, 0.6) is 0 Å². The van der Waals surface area contributed by atoms with Crippen molar-refractivity contribution in [1.82, 2.24) is 15.5 Å². The van der Waals surface area contributed by atoms with E-state index >= 15 is 0 Å². The molecule has 0 bridgehead atoms. The second-order valence-corrected chi connectivity index (χ2v) is 4.36. The van der Waals surface area contributed by atoms with E-state index in [0.717, 1.165) is 12.2 Å². The van der Waals surface area contributed by atoms with Crippen LogP contribution in [0, 0.1) is 0 Å². The van der Waals surface area contributed by atoms with Crippen molar-refractivity contribution < 1.29 is 13.7 Å². The molecule has 2 heterocycles. The lowest BCUT2D eigenvalue weighted by atomic mass is 10.2. The number of nitrogens with one attached hydrogen (secondary N) is 1. The number of furan rings is 1. The number of carbonyl (C=O) groups excluding carboxylic acids is 1. The molecule has 1 aliphatic rings. The minimum Gasteiger partial charge on any atom is -0.469 e. The van der Waals surface area contributed by atoms with Crippen LogP contribution in [0.25, 0.3) is 0 Å². The zero-order valence-electron chi connectivity index (χ0n) is 9.92. The van der Waals surface area contributed by atoms with E-state index in [2.05, 4.69) is 15.5 Å². The molecule has 3 rings (SSSR count). The van der Waals surface area contributed by atoms with Gasteiger partial charge in [0.05, 0.1) is 12.7 Å². The van der Waals surface area contributed by atoms with Crippen molar-refractivity contribution in [2.24, 2.45) is 0 Å². The van der Waals surface area contributed by atoms with Crippen molar-refractivity contribution >= 4 is 5.91 Å². The molecule has 94 valence electrons. The Bertz CT molecular complexity index is 547. The average Bonchev–Trinajstić information content (AvgIpc) is 2.83. The molecule has 0 aromatic carbocycles. The molecular weight excluding hydrogens is 234 g/mol. The molecule has 6 heteroatoms. The second kappa shape index (κ2) is 4.29. The molecule has 6 nitrogen and oxygen atoms in total. The van der Waals surface area contributed by atoms with Gasteiger partial charge in [-0.3, -0.25) is 4.79 Å². The van der Waals surface area contributed by atoms with Gasteiger partial charge in [0.2, 0.25) is 11.8 Å². The van der Waals surface area contributed by atoms with Gasteiger partial charge in [0.1, 0.15) is 5.76 Å². The summed E-state index contributed by atoms with van der Waals surface area (Å²) in [5.74, 6) is 2.40. The van der Waals surface area contributed by atoms with Gasteiger partial charge in [0.25, 0.3) is 0 Å². The highest BCUT2D eigenvalue weighted by Crippen LogP contribution is 2.54. The van der Waals surface area contributed by atoms with Gasteiger partial charge in [-0.1, -0.05) is 5.16 Å². The summed E-state index contributed by atoms with van der Waals surface area (Å²) in [6.07, 6.45) is 2.77. The van der Waals surface area contributed by atoms with Gasteiger partial charge in [0.15, 0.2) is 5.82 Å². The summed E-state index contributed by atoms with van der Waals surface area (Å²) >= 11 is 0. The van der Waals surface area contributed by atoms with E-state index in [1.54, 1.807) is 13.3 Å². The standard InChI is InChI=1S/C12H13N3O3/c1-13-11(16)6-10-14-12(18-15-10)8-5-7(8)9-3-2-4-17-9/h2-4,7-8H,5-6H2,1H3,(H,13,16)/t7-,8-/m1/s1. The summed E-state index contributed by atoms with van der Waals surface area (Å²) in [6, 6.07) is 3.82. The van der Waals surface area contributed by atoms with E-state index in [1.807, 2.05) is 12.1 Å². The van der Waals surface area contributed by atoms with E-state index in [9.17, 15) is 4.79 Å². The lowest BCUT2D eigenvalue weighted by Crippen LogP contribution is -2.20. The minimum absolute atomic E-state index is 0.124. The first kappa shape index (κ1) is 11.0. The first-order valence-corrected chi connectivity index (χ1v) is 5.84. The van der Waals surface area contributed by atoms with Crippen LogP contribution in [0.3, 0.4) is 0 Å². The Kier molecular flexibility index (Phi) is 2.62. The maximum absolute atomic E-state index is 11.2. The van der Waals surface area contributed by atoms with Gasteiger partial charge in [-0.2, -0.15) is 4.98 Å². The van der Waals surface area contributed by atoms with Gasteiger partial charge in [-0.05, 0) is 18.6 Å². The normalized spacial score (nSPS) is 21.8. The lowest BCUT2D eigenvalue weighted by molar-refractivity contribution is -0.120. The molecule has 2 aromatic rings. The zero-order chi connectivity index (χ0) is 12.5. The number of nitrogens with zero attached hydrogens (tertiary/aromatic N) is 2. The highest BCUT2D eigenvalue weighted by Gasteiger charge is 2.45. The summed E-state index contributed by atoms with van der Waals surface area (Å²) in [5, 5.41) is 6.33. The van der Waals surface area contributed by atoms with Crippen LogP contribution in [-0.4, -0.2) is 23.1 Å². The number of aromatic nitrogens is 2. The first-order valence-electron chi connectivity index (χ1n) is 5.84. The smallest absolute Gasteiger partial charge is 0.230 e. The number of carbonyl (C=O) groups is 1. The largest absolute Gasteiger partial charge is 0.469 e. The Morgan fingerprint density at radius 3 is 3.17 bits per heavy atom. The number of amides is 1. The lowest BCUT2D eigenvalue weighted by Gasteiger charge is -1.92. The molecule has 2 atom stereocenters. The summed E-state index contributed by atoms with van der Waals surface area (Å²) in [5.41, 5.74) is 0. The Morgan fingerprint density at radius 1 is 1.56 bits per heavy atom. The third kappa shape index (κ3) is 2.01. The molecule has 0 aliphatic heterocycles. The highest BCUT2D eigenvalue weighted by atomic mass is 16.5. The zero-order valence-corrected chi connectivity index (χ0v) is 9.92. The fourth-order valence-corrected chi connectivity index (χ4v) is 2.01. The summed E-state index contributed by atoms with van der Waals surface area (Å²) in [7, 11) is 1.58. The quantitative estimate of drug-likeness (QED) is 0.878. The maximum Gasteiger partial charge on any atom is 0.230 e. The Labute approximate surface area is 103 Å². The molecule has 1 saturated carbocycles. The van der Waals surface area contributed by atoms with Crippen molar-refractivity contribution in [3.63, 3.8) is 0 Å². The molecule has 2 aromatic heterocycles. The van der Waals surface area contributed by atoms with E-state index in [0.29, 0.717) is 17.6 Å². The SMILES string of the molecule is CNC(=O)Cc1noc([C@@H]2C[C@H]2c2ccco2)n1. The predicted octanol–water partition coefficient (Wildman–Crippen LogP) is 1.22. The Hall–Kier alpha value is -2.11. The van der Waals surface area contributed by atoms with Crippen LogP contribution >= 0.6 is 0 Å². The van der Waals surface area contributed by atoms with Crippen molar-refractivity contribution in [2.45, 2.75) is 24.7 Å². The predicted molar refractivity (Wildman–Crippen MR) is 60.9 cm³/mol. The van der Waals surface area contributed by atoms with Crippen LogP contribution in [0.2, 0.25) is 0 Å².